The lowest BCUT2D eigenvalue weighted by Gasteiger charge is -2.04. The molecule has 0 aliphatic rings. The zero-order valence-electron chi connectivity index (χ0n) is 9.58. The third kappa shape index (κ3) is 2.52. The zero-order valence-corrected chi connectivity index (χ0v) is 9.58. The van der Waals surface area contributed by atoms with Gasteiger partial charge in [-0.15, -0.1) is 0 Å². The molecule has 0 atom stereocenters. The number of benzene rings is 1. The molecule has 0 aliphatic carbocycles. The first-order valence-corrected chi connectivity index (χ1v) is 5.29. The summed E-state index contributed by atoms with van der Waals surface area (Å²) in [5, 5.41) is 17.9. The van der Waals surface area contributed by atoms with Crippen LogP contribution < -0.4 is 5.56 Å². The summed E-state index contributed by atoms with van der Waals surface area (Å²) in [6.07, 6.45) is 1.44. The molecule has 1 aromatic carbocycles. The van der Waals surface area contributed by atoms with E-state index in [0.717, 1.165) is 6.07 Å². The lowest BCUT2D eigenvalue weighted by atomic mass is 10.0. The standard InChI is InChI=1S/C13H9NO5/c15-11-10(2-1-3-14-11)7-4-8(12(16)17)6-9(5-7)13(18)19/h1-6H,(H,14,15)(H,16,17)(H,18,19). The van der Waals surface area contributed by atoms with Crippen LogP contribution in [0.15, 0.2) is 41.3 Å². The van der Waals surface area contributed by atoms with Crippen molar-refractivity contribution in [1.82, 2.24) is 4.98 Å². The number of aromatic carboxylic acids is 2. The van der Waals surface area contributed by atoms with Crippen molar-refractivity contribution in [2.45, 2.75) is 0 Å². The molecule has 6 nitrogen and oxygen atoms in total. The van der Waals surface area contributed by atoms with E-state index in [-0.39, 0.29) is 22.3 Å². The smallest absolute Gasteiger partial charge is 0.335 e. The molecule has 1 aromatic heterocycles. The van der Waals surface area contributed by atoms with E-state index >= 15 is 0 Å². The molecule has 0 spiro atoms. The maximum Gasteiger partial charge on any atom is 0.335 e. The van der Waals surface area contributed by atoms with Gasteiger partial charge in [-0.05, 0) is 35.9 Å². The van der Waals surface area contributed by atoms with Gasteiger partial charge < -0.3 is 15.2 Å². The number of aromatic nitrogens is 1. The average molecular weight is 259 g/mol. The number of rotatable bonds is 3. The van der Waals surface area contributed by atoms with Crippen LogP contribution in [0, 0.1) is 0 Å². The van der Waals surface area contributed by atoms with E-state index in [0.29, 0.717) is 0 Å². The zero-order chi connectivity index (χ0) is 14.0. The number of carboxylic acid groups (broad SMARTS) is 2. The van der Waals surface area contributed by atoms with Crippen LogP contribution in [-0.2, 0) is 0 Å². The van der Waals surface area contributed by atoms with E-state index in [9.17, 15) is 14.4 Å². The predicted molar refractivity (Wildman–Crippen MR) is 66.4 cm³/mol. The number of nitrogens with one attached hydrogen (secondary N) is 1. The number of hydrogen-bond donors (Lipinski definition) is 3. The molecule has 6 heteroatoms. The lowest BCUT2D eigenvalue weighted by Crippen LogP contribution is -2.09. The summed E-state index contributed by atoms with van der Waals surface area (Å²) in [6, 6.07) is 6.64. The third-order valence-corrected chi connectivity index (χ3v) is 2.56. The number of carbonyl (C=O) groups is 2. The van der Waals surface area contributed by atoms with Crippen molar-refractivity contribution in [3.63, 3.8) is 0 Å². The van der Waals surface area contributed by atoms with Crippen molar-refractivity contribution in [2.24, 2.45) is 0 Å². The molecule has 0 saturated carbocycles. The maximum atomic E-state index is 11.6. The minimum atomic E-state index is -1.25. The van der Waals surface area contributed by atoms with Gasteiger partial charge in [0.1, 0.15) is 0 Å². The van der Waals surface area contributed by atoms with Gasteiger partial charge in [0, 0.05) is 11.8 Å². The molecule has 0 amide bonds. The van der Waals surface area contributed by atoms with E-state index < -0.39 is 17.5 Å². The Kier molecular flexibility index (Phi) is 3.15. The van der Waals surface area contributed by atoms with Crippen LogP contribution >= 0.6 is 0 Å². The Morgan fingerprint density at radius 2 is 1.58 bits per heavy atom. The molecular formula is C13H9NO5. The highest BCUT2D eigenvalue weighted by Gasteiger charge is 2.13. The van der Waals surface area contributed by atoms with Crippen LogP contribution in [0.1, 0.15) is 20.7 Å². The van der Waals surface area contributed by atoms with Crippen LogP contribution in [-0.4, -0.2) is 27.1 Å². The van der Waals surface area contributed by atoms with E-state index in [1.165, 1.54) is 24.4 Å². The van der Waals surface area contributed by atoms with E-state index in [1.54, 1.807) is 6.07 Å². The van der Waals surface area contributed by atoms with Gasteiger partial charge in [-0.25, -0.2) is 9.59 Å². The molecule has 0 aliphatic heterocycles. The monoisotopic (exact) mass is 259 g/mol. The molecule has 0 bridgehead atoms. The predicted octanol–water partition coefficient (Wildman–Crippen LogP) is 1.44. The number of pyridine rings is 1. The SMILES string of the molecule is O=C(O)c1cc(C(=O)O)cc(-c2ccc[nH]c2=O)c1. The van der Waals surface area contributed by atoms with Gasteiger partial charge in [0.2, 0.25) is 0 Å². The van der Waals surface area contributed by atoms with E-state index in [4.69, 9.17) is 10.2 Å². The molecule has 2 aromatic rings. The number of aromatic amines is 1. The number of carboxylic acids is 2. The summed E-state index contributed by atoms with van der Waals surface area (Å²) in [5.74, 6) is -2.51. The van der Waals surface area contributed by atoms with Gasteiger partial charge in [-0.2, -0.15) is 0 Å². The first-order valence-electron chi connectivity index (χ1n) is 5.29. The topological polar surface area (TPSA) is 107 Å². The number of H-pyrrole nitrogens is 1. The van der Waals surface area contributed by atoms with E-state index in [1.807, 2.05) is 0 Å². The summed E-state index contributed by atoms with van der Waals surface area (Å²) in [5.41, 5.74) is -0.315. The molecule has 0 radical (unpaired) electrons. The number of hydrogen-bond acceptors (Lipinski definition) is 3. The molecule has 3 N–H and O–H groups in total. The Morgan fingerprint density at radius 3 is 2.05 bits per heavy atom. The quantitative estimate of drug-likeness (QED) is 0.773. The first kappa shape index (κ1) is 12.6. The Hall–Kier alpha value is -2.89. The van der Waals surface area contributed by atoms with Gasteiger partial charge >= 0.3 is 11.9 Å². The minimum Gasteiger partial charge on any atom is -0.478 e. The Bertz CT molecular complexity index is 685. The lowest BCUT2D eigenvalue weighted by molar-refractivity contribution is 0.0696. The summed E-state index contributed by atoms with van der Waals surface area (Å²) in [6.45, 7) is 0. The van der Waals surface area contributed by atoms with Crippen molar-refractivity contribution in [1.29, 1.82) is 0 Å². The van der Waals surface area contributed by atoms with Crippen molar-refractivity contribution >= 4 is 11.9 Å². The van der Waals surface area contributed by atoms with Gasteiger partial charge in [-0.1, -0.05) is 0 Å². The highest BCUT2D eigenvalue weighted by molar-refractivity contribution is 5.96. The van der Waals surface area contributed by atoms with Crippen LogP contribution in [0.4, 0.5) is 0 Å². The Balaban J connectivity index is 2.70. The van der Waals surface area contributed by atoms with Crippen LogP contribution in [0.3, 0.4) is 0 Å². The maximum absolute atomic E-state index is 11.6. The second-order valence-corrected chi connectivity index (χ2v) is 3.82. The Morgan fingerprint density at radius 1 is 1.00 bits per heavy atom. The molecule has 2 rings (SSSR count). The van der Waals surface area contributed by atoms with Crippen LogP contribution in [0.2, 0.25) is 0 Å². The van der Waals surface area contributed by atoms with Crippen molar-refractivity contribution < 1.29 is 19.8 Å². The fourth-order valence-electron chi connectivity index (χ4n) is 1.68. The van der Waals surface area contributed by atoms with Crippen molar-refractivity contribution in [3.05, 3.63) is 58.0 Å². The van der Waals surface area contributed by atoms with Gasteiger partial charge in [0.25, 0.3) is 5.56 Å². The molecule has 96 valence electrons. The summed E-state index contributed by atoms with van der Waals surface area (Å²) in [7, 11) is 0. The first-order chi connectivity index (χ1) is 8.99. The Labute approximate surface area is 107 Å². The van der Waals surface area contributed by atoms with Gasteiger partial charge in [0.05, 0.1) is 11.1 Å². The molecule has 19 heavy (non-hydrogen) atoms. The average Bonchev–Trinajstić information content (AvgIpc) is 2.38. The second-order valence-electron chi connectivity index (χ2n) is 3.82. The summed E-state index contributed by atoms with van der Waals surface area (Å²) < 4.78 is 0. The van der Waals surface area contributed by atoms with E-state index in [2.05, 4.69) is 4.98 Å². The van der Waals surface area contributed by atoms with Gasteiger partial charge in [-0.3, -0.25) is 4.79 Å². The highest BCUT2D eigenvalue weighted by atomic mass is 16.4. The van der Waals surface area contributed by atoms with Crippen LogP contribution in [0.25, 0.3) is 11.1 Å². The van der Waals surface area contributed by atoms with Gasteiger partial charge in [0.15, 0.2) is 0 Å². The summed E-state index contributed by atoms with van der Waals surface area (Å²) in [4.78, 5) is 36.0. The van der Waals surface area contributed by atoms with Crippen LogP contribution in [0.5, 0.6) is 0 Å². The normalized spacial score (nSPS) is 10.1. The molecule has 0 fully saturated rings. The van der Waals surface area contributed by atoms with Crippen molar-refractivity contribution in [2.75, 3.05) is 0 Å². The van der Waals surface area contributed by atoms with Crippen molar-refractivity contribution in [3.8, 4) is 11.1 Å². The minimum absolute atomic E-state index is 0.182. The molecule has 0 saturated heterocycles. The molecule has 1 heterocycles. The molecular weight excluding hydrogens is 250 g/mol. The fourth-order valence-corrected chi connectivity index (χ4v) is 1.68. The largest absolute Gasteiger partial charge is 0.478 e. The summed E-state index contributed by atoms with van der Waals surface area (Å²) >= 11 is 0. The fraction of sp³-hybridized carbons (Fsp3) is 0. The highest BCUT2D eigenvalue weighted by Crippen LogP contribution is 2.19. The third-order valence-electron chi connectivity index (χ3n) is 2.56. The molecule has 0 unspecified atom stereocenters. The second kappa shape index (κ2) is 4.77.